The molecule has 3 N–H and O–H groups in total. The molecule has 1 aromatic carbocycles. The molecule has 1 fully saturated rings. The molecule has 122 valence electrons. The fourth-order valence-electron chi connectivity index (χ4n) is 3.21. The highest BCUT2D eigenvalue weighted by atomic mass is 16.5. The van der Waals surface area contributed by atoms with Crippen molar-refractivity contribution in [2.45, 2.75) is 37.1 Å². The molecule has 0 bridgehead atoms. The zero-order chi connectivity index (χ0) is 16.0. The van der Waals surface area contributed by atoms with Crippen LogP contribution in [-0.4, -0.2) is 39.3 Å². The first-order chi connectivity index (χ1) is 10.6. The van der Waals surface area contributed by atoms with E-state index in [0.717, 1.165) is 18.6 Å². The molecule has 5 heteroatoms. The summed E-state index contributed by atoms with van der Waals surface area (Å²) in [6, 6.07) is 7.53. The van der Waals surface area contributed by atoms with Gasteiger partial charge in [0.15, 0.2) is 0 Å². The van der Waals surface area contributed by atoms with Gasteiger partial charge in [0.1, 0.15) is 11.8 Å². The van der Waals surface area contributed by atoms with Gasteiger partial charge in [-0.05, 0) is 30.5 Å². The van der Waals surface area contributed by atoms with Gasteiger partial charge in [0.25, 0.3) is 0 Å². The summed E-state index contributed by atoms with van der Waals surface area (Å²) >= 11 is 0. The second-order valence-corrected chi connectivity index (χ2v) is 6.00. The Hall–Kier alpha value is -1.59. The normalized spacial score (nSPS) is 18.0. The number of methoxy groups -OCH3 is 2. The summed E-state index contributed by atoms with van der Waals surface area (Å²) in [5, 5.41) is 3.00. The number of amides is 1. The minimum absolute atomic E-state index is 0.0169. The van der Waals surface area contributed by atoms with Crippen LogP contribution in [0.25, 0.3) is 0 Å². The zero-order valence-corrected chi connectivity index (χ0v) is 13.4. The van der Waals surface area contributed by atoms with Crippen molar-refractivity contribution < 1.29 is 14.3 Å². The van der Waals surface area contributed by atoms with E-state index in [4.69, 9.17) is 15.2 Å². The zero-order valence-electron chi connectivity index (χ0n) is 13.4. The van der Waals surface area contributed by atoms with Crippen LogP contribution in [0.15, 0.2) is 24.3 Å². The summed E-state index contributed by atoms with van der Waals surface area (Å²) in [4.78, 5) is 12.0. The SMILES string of the molecule is COCC(N)C(=O)NCC1(c2cccc(OC)c2)CCCC1. The highest BCUT2D eigenvalue weighted by Gasteiger charge is 2.36. The Morgan fingerprint density at radius 3 is 2.73 bits per heavy atom. The van der Waals surface area contributed by atoms with Crippen molar-refractivity contribution in [1.82, 2.24) is 5.32 Å². The predicted molar refractivity (Wildman–Crippen MR) is 86.0 cm³/mol. The lowest BCUT2D eigenvalue weighted by Crippen LogP contribution is -2.47. The molecule has 1 amide bonds. The summed E-state index contributed by atoms with van der Waals surface area (Å²) in [5.74, 6) is 0.696. The van der Waals surface area contributed by atoms with Crippen LogP contribution in [-0.2, 0) is 14.9 Å². The molecule has 0 spiro atoms. The van der Waals surface area contributed by atoms with E-state index in [1.54, 1.807) is 14.2 Å². The van der Waals surface area contributed by atoms with Gasteiger partial charge in [-0.1, -0.05) is 25.0 Å². The van der Waals surface area contributed by atoms with Crippen molar-refractivity contribution in [1.29, 1.82) is 0 Å². The molecule has 0 radical (unpaired) electrons. The highest BCUT2D eigenvalue weighted by molar-refractivity contribution is 5.81. The smallest absolute Gasteiger partial charge is 0.239 e. The Morgan fingerprint density at radius 1 is 1.36 bits per heavy atom. The van der Waals surface area contributed by atoms with Gasteiger partial charge in [-0.3, -0.25) is 4.79 Å². The molecule has 1 aliphatic carbocycles. The van der Waals surface area contributed by atoms with Gasteiger partial charge in [0, 0.05) is 19.1 Å². The molecular formula is C17H26N2O3. The molecule has 1 unspecified atom stereocenters. The van der Waals surface area contributed by atoms with E-state index in [-0.39, 0.29) is 17.9 Å². The lowest BCUT2D eigenvalue weighted by atomic mass is 9.78. The number of nitrogens with one attached hydrogen (secondary N) is 1. The molecular weight excluding hydrogens is 280 g/mol. The number of nitrogens with two attached hydrogens (primary N) is 1. The third-order valence-electron chi connectivity index (χ3n) is 4.53. The van der Waals surface area contributed by atoms with E-state index < -0.39 is 6.04 Å². The largest absolute Gasteiger partial charge is 0.497 e. The number of rotatable bonds is 7. The molecule has 0 aliphatic heterocycles. The van der Waals surface area contributed by atoms with Gasteiger partial charge < -0.3 is 20.5 Å². The van der Waals surface area contributed by atoms with Gasteiger partial charge in [0.05, 0.1) is 13.7 Å². The molecule has 1 aromatic rings. The lowest BCUT2D eigenvalue weighted by Gasteiger charge is -2.30. The second-order valence-electron chi connectivity index (χ2n) is 6.00. The average Bonchev–Trinajstić information content (AvgIpc) is 3.03. The lowest BCUT2D eigenvalue weighted by molar-refractivity contribution is -0.123. The molecule has 22 heavy (non-hydrogen) atoms. The fraction of sp³-hybridized carbons (Fsp3) is 0.588. The van der Waals surface area contributed by atoms with Crippen molar-refractivity contribution in [3.8, 4) is 5.75 Å². The third kappa shape index (κ3) is 3.78. The number of hydrogen-bond acceptors (Lipinski definition) is 4. The maximum absolute atomic E-state index is 12.0. The van der Waals surface area contributed by atoms with Crippen molar-refractivity contribution in [3.05, 3.63) is 29.8 Å². The summed E-state index contributed by atoms with van der Waals surface area (Å²) in [5.41, 5.74) is 6.99. The van der Waals surface area contributed by atoms with Crippen LogP contribution in [0.1, 0.15) is 31.2 Å². The maximum atomic E-state index is 12.0. The number of carbonyl (C=O) groups excluding carboxylic acids is 1. The standard InChI is InChI=1S/C17H26N2O3/c1-21-11-15(18)16(20)19-12-17(8-3-4-9-17)13-6-5-7-14(10-13)22-2/h5-7,10,15H,3-4,8-9,11-12,18H2,1-2H3,(H,19,20). The Balaban J connectivity index is 2.10. The van der Waals surface area contributed by atoms with Crippen molar-refractivity contribution in [2.24, 2.45) is 5.73 Å². The van der Waals surface area contributed by atoms with Gasteiger partial charge in [-0.15, -0.1) is 0 Å². The van der Waals surface area contributed by atoms with Crippen LogP contribution in [0.5, 0.6) is 5.75 Å². The monoisotopic (exact) mass is 306 g/mol. The third-order valence-corrected chi connectivity index (χ3v) is 4.53. The van der Waals surface area contributed by atoms with Gasteiger partial charge in [-0.25, -0.2) is 0 Å². The molecule has 1 atom stereocenters. The number of benzene rings is 1. The predicted octanol–water partition coefficient (Wildman–Crippen LogP) is 1.60. The average molecular weight is 306 g/mol. The maximum Gasteiger partial charge on any atom is 0.239 e. The minimum atomic E-state index is -0.617. The summed E-state index contributed by atoms with van der Waals surface area (Å²) in [7, 11) is 3.22. The number of hydrogen-bond donors (Lipinski definition) is 2. The number of carbonyl (C=O) groups is 1. The molecule has 1 saturated carbocycles. The first-order valence-corrected chi connectivity index (χ1v) is 7.78. The van der Waals surface area contributed by atoms with Crippen molar-refractivity contribution in [2.75, 3.05) is 27.4 Å². The summed E-state index contributed by atoms with van der Waals surface area (Å²) in [6.07, 6.45) is 4.49. The van der Waals surface area contributed by atoms with Crippen molar-refractivity contribution >= 4 is 5.91 Å². The first kappa shape index (κ1) is 16.8. The fourth-order valence-corrected chi connectivity index (χ4v) is 3.21. The highest BCUT2D eigenvalue weighted by Crippen LogP contribution is 2.41. The van der Waals surface area contributed by atoms with Crippen LogP contribution in [0, 0.1) is 0 Å². The van der Waals surface area contributed by atoms with Crippen LogP contribution >= 0.6 is 0 Å². The topological polar surface area (TPSA) is 73.6 Å². The van der Waals surface area contributed by atoms with Gasteiger partial charge >= 0.3 is 0 Å². The van der Waals surface area contributed by atoms with Crippen LogP contribution in [0.2, 0.25) is 0 Å². The van der Waals surface area contributed by atoms with Crippen LogP contribution in [0.3, 0.4) is 0 Å². The summed E-state index contributed by atoms with van der Waals surface area (Å²) in [6.45, 7) is 0.842. The molecule has 0 saturated heterocycles. The minimum Gasteiger partial charge on any atom is -0.497 e. The summed E-state index contributed by atoms with van der Waals surface area (Å²) < 4.78 is 10.3. The molecule has 0 heterocycles. The molecule has 0 aromatic heterocycles. The first-order valence-electron chi connectivity index (χ1n) is 7.78. The van der Waals surface area contributed by atoms with Crippen LogP contribution < -0.4 is 15.8 Å². The van der Waals surface area contributed by atoms with Gasteiger partial charge in [0.2, 0.25) is 5.91 Å². The van der Waals surface area contributed by atoms with E-state index >= 15 is 0 Å². The Labute approximate surface area is 132 Å². The Bertz CT molecular complexity index is 498. The van der Waals surface area contributed by atoms with E-state index in [1.807, 2.05) is 12.1 Å². The molecule has 5 nitrogen and oxygen atoms in total. The van der Waals surface area contributed by atoms with E-state index in [0.29, 0.717) is 6.54 Å². The van der Waals surface area contributed by atoms with Crippen LogP contribution in [0.4, 0.5) is 0 Å². The van der Waals surface area contributed by atoms with E-state index in [9.17, 15) is 4.79 Å². The van der Waals surface area contributed by atoms with Gasteiger partial charge in [-0.2, -0.15) is 0 Å². The van der Waals surface area contributed by atoms with E-state index in [2.05, 4.69) is 17.4 Å². The molecule has 2 rings (SSSR count). The molecule has 1 aliphatic rings. The second kappa shape index (κ2) is 7.61. The van der Waals surface area contributed by atoms with Crippen molar-refractivity contribution in [3.63, 3.8) is 0 Å². The number of ether oxygens (including phenoxy) is 2. The Kier molecular flexibility index (Phi) is 5.80. The van der Waals surface area contributed by atoms with E-state index in [1.165, 1.54) is 18.4 Å². The Morgan fingerprint density at radius 2 is 2.09 bits per heavy atom. The quantitative estimate of drug-likeness (QED) is 0.802.